The summed E-state index contributed by atoms with van der Waals surface area (Å²) in [4.78, 5) is 28.3. The molecule has 2 unspecified atom stereocenters. The first-order valence-electron chi connectivity index (χ1n) is 9.60. The van der Waals surface area contributed by atoms with Crippen LogP contribution in [0, 0.1) is 0 Å². The van der Waals surface area contributed by atoms with Crippen LogP contribution in [0.5, 0.6) is 0 Å². The number of ether oxygens (including phenoxy) is 1. The Bertz CT molecular complexity index is 932. The van der Waals surface area contributed by atoms with Crippen LogP contribution in [0.4, 0.5) is 10.5 Å². The normalized spacial score (nSPS) is 22.0. The lowest BCUT2D eigenvalue weighted by atomic mass is 10.1. The van der Waals surface area contributed by atoms with Gasteiger partial charge >= 0.3 is 12.1 Å². The zero-order valence-electron chi connectivity index (χ0n) is 16.7. The lowest BCUT2D eigenvalue weighted by Gasteiger charge is -2.42. The third kappa shape index (κ3) is 3.16. The SMILES string of the molecule is Cn1cc2c(N3CC4CCC(C3)N4C(=O)OC(C)(C)C)ccc(C(=O)O)c2n1. The molecule has 4 rings (SSSR count). The minimum atomic E-state index is -0.981. The molecule has 0 aliphatic carbocycles. The van der Waals surface area contributed by atoms with Gasteiger partial charge in [-0.05, 0) is 45.7 Å². The van der Waals surface area contributed by atoms with Crippen LogP contribution in [0.1, 0.15) is 44.0 Å². The Morgan fingerprint density at radius 2 is 1.82 bits per heavy atom. The smallest absolute Gasteiger partial charge is 0.410 e. The molecule has 2 saturated heterocycles. The van der Waals surface area contributed by atoms with Crippen molar-refractivity contribution in [3.63, 3.8) is 0 Å². The molecule has 8 heteroatoms. The Balaban J connectivity index is 1.63. The molecule has 2 atom stereocenters. The number of aryl methyl sites for hydroxylation is 1. The molecule has 2 aliphatic heterocycles. The minimum absolute atomic E-state index is 0.0967. The van der Waals surface area contributed by atoms with Crippen LogP contribution in [0.2, 0.25) is 0 Å². The molecule has 2 bridgehead atoms. The Hall–Kier alpha value is -2.77. The lowest BCUT2D eigenvalue weighted by Crippen LogP contribution is -2.56. The van der Waals surface area contributed by atoms with Crippen LogP contribution >= 0.6 is 0 Å². The van der Waals surface area contributed by atoms with E-state index in [1.807, 2.05) is 37.9 Å². The number of carboxylic acids is 1. The number of aromatic carboxylic acids is 1. The number of carbonyl (C=O) groups is 2. The van der Waals surface area contributed by atoms with Crippen molar-refractivity contribution in [2.45, 2.75) is 51.3 Å². The summed E-state index contributed by atoms with van der Waals surface area (Å²) >= 11 is 0. The van der Waals surface area contributed by atoms with Gasteiger partial charge in [-0.25, -0.2) is 9.59 Å². The zero-order chi connectivity index (χ0) is 20.2. The molecule has 8 nitrogen and oxygen atoms in total. The Morgan fingerprint density at radius 1 is 1.18 bits per heavy atom. The number of hydrogen-bond donors (Lipinski definition) is 1. The Morgan fingerprint density at radius 3 is 2.39 bits per heavy atom. The van der Waals surface area contributed by atoms with E-state index >= 15 is 0 Å². The number of amides is 1. The maximum Gasteiger partial charge on any atom is 0.410 e. The molecular weight excluding hydrogens is 360 g/mol. The molecule has 1 aromatic heterocycles. The topological polar surface area (TPSA) is 87.9 Å². The van der Waals surface area contributed by atoms with Crippen molar-refractivity contribution in [2.75, 3.05) is 18.0 Å². The molecule has 0 saturated carbocycles. The van der Waals surface area contributed by atoms with Crippen LogP contribution in [-0.2, 0) is 11.8 Å². The number of carbonyl (C=O) groups excluding carboxylic acids is 1. The van der Waals surface area contributed by atoms with Gasteiger partial charge < -0.3 is 14.7 Å². The monoisotopic (exact) mass is 386 g/mol. The van der Waals surface area contributed by atoms with Crippen LogP contribution in [-0.4, -0.2) is 62.6 Å². The lowest BCUT2D eigenvalue weighted by molar-refractivity contribution is 0.0123. The highest BCUT2D eigenvalue weighted by Gasteiger charge is 2.44. The average Bonchev–Trinajstić information content (AvgIpc) is 3.09. The van der Waals surface area contributed by atoms with Crippen LogP contribution in [0.15, 0.2) is 18.3 Å². The fraction of sp³-hybridized carbons (Fsp3) is 0.550. The Labute approximate surface area is 163 Å². The molecule has 2 aliphatic rings. The van der Waals surface area contributed by atoms with Gasteiger partial charge in [0, 0.05) is 37.4 Å². The molecule has 150 valence electrons. The molecule has 1 aromatic carbocycles. The minimum Gasteiger partial charge on any atom is -0.478 e. The first-order chi connectivity index (χ1) is 13.1. The van der Waals surface area contributed by atoms with E-state index < -0.39 is 11.6 Å². The van der Waals surface area contributed by atoms with E-state index in [1.54, 1.807) is 17.8 Å². The van der Waals surface area contributed by atoms with Gasteiger partial charge in [-0.2, -0.15) is 5.10 Å². The summed E-state index contributed by atoms with van der Waals surface area (Å²) in [5.41, 5.74) is 1.15. The first kappa shape index (κ1) is 18.6. The second kappa shape index (κ2) is 6.39. The number of piperazine rings is 1. The highest BCUT2D eigenvalue weighted by molar-refractivity contribution is 6.06. The van der Waals surface area contributed by atoms with Crippen LogP contribution < -0.4 is 4.90 Å². The van der Waals surface area contributed by atoms with Crippen molar-refractivity contribution < 1.29 is 19.4 Å². The van der Waals surface area contributed by atoms with Gasteiger partial charge in [-0.3, -0.25) is 9.58 Å². The van der Waals surface area contributed by atoms with E-state index in [0.29, 0.717) is 18.6 Å². The van der Waals surface area contributed by atoms with E-state index in [2.05, 4.69) is 10.00 Å². The van der Waals surface area contributed by atoms with Crippen molar-refractivity contribution in [2.24, 2.45) is 7.05 Å². The van der Waals surface area contributed by atoms with Crippen molar-refractivity contribution in [3.8, 4) is 0 Å². The van der Waals surface area contributed by atoms with Gasteiger partial charge in [0.25, 0.3) is 0 Å². The predicted octanol–water partition coefficient (Wildman–Crippen LogP) is 2.86. The molecule has 0 spiro atoms. The fourth-order valence-electron chi connectivity index (χ4n) is 4.37. The molecule has 1 amide bonds. The summed E-state index contributed by atoms with van der Waals surface area (Å²) in [6.07, 6.45) is 3.51. The van der Waals surface area contributed by atoms with Crippen molar-refractivity contribution in [1.82, 2.24) is 14.7 Å². The maximum atomic E-state index is 12.7. The molecule has 1 N–H and O–H groups in total. The molecular formula is C20H26N4O4. The highest BCUT2D eigenvalue weighted by Crippen LogP contribution is 2.37. The van der Waals surface area contributed by atoms with E-state index in [4.69, 9.17) is 4.74 Å². The fourth-order valence-corrected chi connectivity index (χ4v) is 4.37. The van der Waals surface area contributed by atoms with Gasteiger partial charge in [0.05, 0.1) is 17.6 Å². The third-order valence-corrected chi connectivity index (χ3v) is 5.43. The van der Waals surface area contributed by atoms with Gasteiger partial charge in [0.15, 0.2) is 0 Å². The second-order valence-electron chi connectivity index (χ2n) is 8.68. The zero-order valence-corrected chi connectivity index (χ0v) is 16.7. The summed E-state index contributed by atoms with van der Waals surface area (Å²) in [6, 6.07) is 3.67. The summed E-state index contributed by atoms with van der Waals surface area (Å²) in [5.74, 6) is -0.981. The highest BCUT2D eigenvalue weighted by atomic mass is 16.6. The molecule has 3 heterocycles. The number of benzene rings is 1. The van der Waals surface area contributed by atoms with E-state index in [1.165, 1.54) is 0 Å². The molecule has 2 fully saturated rings. The summed E-state index contributed by atoms with van der Waals surface area (Å²) in [5, 5.41) is 14.6. The maximum absolute atomic E-state index is 12.7. The van der Waals surface area contributed by atoms with Gasteiger partial charge in [0.1, 0.15) is 11.1 Å². The number of hydrogen-bond acceptors (Lipinski definition) is 5. The number of anilines is 1. The number of carboxylic acid groups (broad SMARTS) is 1. The molecule has 2 aromatic rings. The van der Waals surface area contributed by atoms with Crippen LogP contribution in [0.3, 0.4) is 0 Å². The number of rotatable bonds is 2. The van der Waals surface area contributed by atoms with Gasteiger partial charge in [-0.15, -0.1) is 0 Å². The predicted molar refractivity (Wildman–Crippen MR) is 105 cm³/mol. The summed E-state index contributed by atoms with van der Waals surface area (Å²) in [7, 11) is 1.79. The van der Waals surface area contributed by atoms with E-state index in [9.17, 15) is 14.7 Å². The second-order valence-corrected chi connectivity index (χ2v) is 8.68. The van der Waals surface area contributed by atoms with E-state index in [0.717, 1.165) is 23.9 Å². The van der Waals surface area contributed by atoms with Gasteiger partial charge in [0.2, 0.25) is 0 Å². The number of nitrogens with zero attached hydrogens (tertiary/aromatic N) is 4. The van der Waals surface area contributed by atoms with Crippen molar-refractivity contribution in [3.05, 3.63) is 23.9 Å². The third-order valence-electron chi connectivity index (χ3n) is 5.43. The van der Waals surface area contributed by atoms with Crippen molar-refractivity contribution >= 4 is 28.7 Å². The summed E-state index contributed by atoms with van der Waals surface area (Å²) in [6.45, 7) is 7.04. The Kier molecular flexibility index (Phi) is 4.24. The largest absolute Gasteiger partial charge is 0.478 e. The first-order valence-corrected chi connectivity index (χ1v) is 9.60. The van der Waals surface area contributed by atoms with Crippen LogP contribution in [0.25, 0.3) is 10.9 Å². The van der Waals surface area contributed by atoms with Crippen molar-refractivity contribution in [1.29, 1.82) is 0 Å². The average molecular weight is 386 g/mol. The quantitative estimate of drug-likeness (QED) is 0.854. The van der Waals surface area contributed by atoms with Gasteiger partial charge in [-0.1, -0.05) is 0 Å². The standard InChI is InChI=1S/C20H26N4O4/c1-20(2,3)28-19(27)24-12-5-6-13(24)10-23(9-12)16-8-7-14(18(25)26)17-15(16)11-22(4)21-17/h7-8,11-13H,5-6,9-10H2,1-4H3,(H,25,26). The number of fused-ring (bicyclic) bond motifs is 3. The van der Waals surface area contributed by atoms with E-state index in [-0.39, 0.29) is 23.7 Å². The molecule has 28 heavy (non-hydrogen) atoms. The summed E-state index contributed by atoms with van der Waals surface area (Å²) < 4.78 is 7.25. The molecule has 0 radical (unpaired) electrons. The number of aromatic nitrogens is 2.